The van der Waals surface area contributed by atoms with Crippen LogP contribution in [0.25, 0.3) is 0 Å². The fourth-order valence-electron chi connectivity index (χ4n) is 1.12. The van der Waals surface area contributed by atoms with E-state index < -0.39 is 0 Å². The Balaban J connectivity index is 2.23. The van der Waals surface area contributed by atoms with Crippen molar-refractivity contribution in [2.24, 2.45) is 0 Å². The molecule has 1 aliphatic heterocycles. The summed E-state index contributed by atoms with van der Waals surface area (Å²) < 4.78 is 3.29. The molecule has 0 saturated carbocycles. The molecule has 0 aliphatic carbocycles. The lowest BCUT2D eigenvalue weighted by Gasteiger charge is -2.25. The maximum absolute atomic E-state index is 4.05. The van der Waals surface area contributed by atoms with Crippen molar-refractivity contribution in [1.82, 2.24) is 9.71 Å². The zero-order valence-electron chi connectivity index (χ0n) is 6.87. The molecular formula is C8H11N3S. The van der Waals surface area contributed by atoms with Gasteiger partial charge in [-0.15, -0.1) is 0 Å². The van der Waals surface area contributed by atoms with E-state index in [1.54, 1.807) is 11.9 Å². The highest BCUT2D eigenvalue weighted by Gasteiger charge is 2.14. The SMILES string of the molecule is CCC1NSc2cnccc2N1. The van der Waals surface area contributed by atoms with Gasteiger partial charge in [0.1, 0.15) is 0 Å². The number of nitrogens with zero attached hydrogens (tertiary/aromatic N) is 1. The van der Waals surface area contributed by atoms with Gasteiger partial charge < -0.3 is 5.32 Å². The van der Waals surface area contributed by atoms with Gasteiger partial charge in [0.15, 0.2) is 0 Å². The van der Waals surface area contributed by atoms with Crippen LogP contribution >= 0.6 is 11.9 Å². The van der Waals surface area contributed by atoms with Gasteiger partial charge in [0.05, 0.1) is 16.7 Å². The molecule has 0 saturated heterocycles. The van der Waals surface area contributed by atoms with Gasteiger partial charge in [-0.3, -0.25) is 4.98 Å². The molecule has 0 aromatic carbocycles. The summed E-state index contributed by atoms with van der Waals surface area (Å²) in [6.07, 6.45) is 5.13. The van der Waals surface area contributed by atoms with Crippen molar-refractivity contribution in [3.63, 3.8) is 0 Å². The van der Waals surface area contributed by atoms with E-state index in [0.29, 0.717) is 6.17 Å². The number of nitrogens with one attached hydrogen (secondary N) is 2. The predicted octanol–water partition coefficient (Wildman–Crippen LogP) is 1.84. The van der Waals surface area contributed by atoms with Gasteiger partial charge in [-0.25, -0.2) is 4.72 Å². The summed E-state index contributed by atoms with van der Waals surface area (Å²) in [4.78, 5) is 5.22. The third-order valence-electron chi connectivity index (χ3n) is 1.83. The van der Waals surface area contributed by atoms with Crippen LogP contribution in [-0.4, -0.2) is 11.1 Å². The lowest BCUT2D eigenvalue weighted by atomic mass is 10.3. The average Bonchev–Trinajstić information content (AvgIpc) is 2.17. The predicted molar refractivity (Wildman–Crippen MR) is 50.9 cm³/mol. The van der Waals surface area contributed by atoms with E-state index in [9.17, 15) is 0 Å². The molecule has 0 radical (unpaired) electrons. The molecule has 0 fully saturated rings. The molecule has 1 aliphatic rings. The minimum Gasteiger partial charge on any atom is -0.368 e. The number of fused-ring (bicyclic) bond motifs is 1. The van der Waals surface area contributed by atoms with Crippen LogP contribution in [0.4, 0.5) is 5.69 Å². The molecule has 12 heavy (non-hydrogen) atoms. The summed E-state index contributed by atoms with van der Waals surface area (Å²) in [6.45, 7) is 2.15. The standard InChI is InChI=1S/C8H11N3S/c1-2-8-10-6-3-4-9-5-7(6)12-11-8/h3-5,8,10-11H,2H2,1H3. The van der Waals surface area contributed by atoms with Crippen molar-refractivity contribution in [2.45, 2.75) is 24.4 Å². The van der Waals surface area contributed by atoms with Crippen LogP contribution in [0.5, 0.6) is 0 Å². The Labute approximate surface area is 76.1 Å². The van der Waals surface area contributed by atoms with Crippen LogP contribution < -0.4 is 10.0 Å². The number of hydrogen-bond acceptors (Lipinski definition) is 4. The Morgan fingerprint density at radius 2 is 2.58 bits per heavy atom. The van der Waals surface area contributed by atoms with E-state index >= 15 is 0 Å². The molecule has 64 valence electrons. The number of aromatic nitrogens is 1. The van der Waals surface area contributed by atoms with Crippen LogP contribution in [0.1, 0.15) is 13.3 Å². The zero-order valence-corrected chi connectivity index (χ0v) is 7.69. The third-order valence-corrected chi connectivity index (χ3v) is 2.78. The van der Waals surface area contributed by atoms with E-state index in [1.807, 2.05) is 18.5 Å². The number of rotatable bonds is 1. The molecule has 1 unspecified atom stereocenters. The highest BCUT2D eigenvalue weighted by molar-refractivity contribution is 7.97. The second kappa shape index (κ2) is 3.33. The maximum atomic E-state index is 4.05. The normalized spacial score (nSPS) is 21.2. The molecule has 0 amide bonds. The molecule has 1 aromatic rings. The average molecular weight is 181 g/mol. The number of anilines is 1. The minimum absolute atomic E-state index is 0.380. The second-order valence-corrected chi connectivity index (χ2v) is 3.58. The fourth-order valence-corrected chi connectivity index (χ4v) is 1.96. The second-order valence-electron chi connectivity index (χ2n) is 2.70. The number of hydrogen-bond donors (Lipinski definition) is 2. The topological polar surface area (TPSA) is 37.0 Å². The molecule has 3 nitrogen and oxygen atoms in total. The van der Waals surface area contributed by atoms with Crippen LogP contribution in [0.15, 0.2) is 23.4 Å². The summed E-state index contributed by atoms with van der Waals surface area (Å²) in [5, 5.41) is 3.37. The van der Waals surface area contributed by atoms with Gasteiger partial charge in [-0.2, -0.15) is 0 Å². The van der Waals surface area contributed by atoms with Gasteiger partial charge in [0.2, 0.25) is 0 Å². The van der Waals surface area contributed by atoms with Gasteiger partial charge in [-0.05, 0) is 24.4 Å². The summed E-state index contributed by atoms with van der Waals surface area (Å²) in [6, 6.07) is 2.01. The lowest BCUT2D eigenvalue weighted by Crippen LogP contribution is -2.34. The molecule has 2 heterocycles. The Bertz CT molecular complexity index is 277. The summed E-state index contributed by atoms with van der Waals surface area (Å²) in [7, 11) is 0. The van der Waals surface area contributed by atoms with Crippen LogP contribution in [0.3, 0.4) is 0 Å². The molecule has 4 heteroatoms. The maximum Gasteiger partial charge on any atom is 0.0860 e. The first kappa shape index (κ1) is 7.89. The summed E-state index contributed by atoms with van der Waals surface area (Å²) >= 11 is 1.65. The van der Waals surface area contributed by atoms with E-state index in [1.165, 1.54) is 10.6 Å². The van der Waals surface area contributed by atoms with Crippen molar-refractivity contribution in [3.8, 4) is 0 Å². The molecule has 0 spiro atoms. The molecule has 1 atom stereocenters. The smallest absolute Gasteiger partial charge is 0.0860 e. The first-order valence-electron chi connectivity index (χ1n) is 4.03. The van der Waals surface area contributed by atoms with E-state index in [0.717, 1.165) is 6.42 Å². The lowest BCUT2D eigenvalue weighted by molar-refractivity contribution is 0.673. The van der Waals surface area contributed by atoms with E-state index in [-0.39, 0.29) is 0 Å². The van der Waals surface area contributed by atoms with Crippen LogP contribution in [-0.2, 0) is 0 Å². The Morgan fingerprint density at radius 3 is 3.42 bits per heavy atom. The number of pyridine rings is 1. The third kappa shape index (κ3) is 1.40. The highest BCUT2D eigenvalue weighted by atomic mass is 32.2. The first-order valence-corrected chi connectivity index (χ1v) is 4.84. The monoisotopic (exact) mass is 181 g/mol. The Hall–Kier alpha value is -0.740. The van der Waals surface area contributed by atoms with Gasteiger partial charge in [0.25, 0.3) is 0 Å². The molecule has 2 N–H and O–H groups in total. The van der Waals surface area contributed by atoms with Crippen LogP contribution in [0.2, 0.25) is 0 Å². The molecule has 0 bridgehead atoms. The van der Waals surface area contributed by atoms with Gasteiger partial charge in [-0.1, -0.05) is 6.92 Å². The molecular weight excluding hydrogens is 170 g/mol. The van der Waals surface area contributed by atoms with E-state index in [2.05, 4.69) is 21.9 Å². The van der Waals surface area contributed by atoms with Gasteiger partial charge >= 0.3 is 0 Å². The minimum atomic E-state index is 0.380. The Morgan fingerprint density at radius 1 is 1.67 bits per heavy atom. The van der Waals surface area contributed by atoms with Crippen molar-refractivity contribution in [2.75, 3.05) is 5.32 Å². The summed E-state index contributed by atoms with van der Waals surface area (Å²) in [5.74, 6) is 0. The van der Waals surface area contributed by atoms with Crippen molar-refractivity contribution in [3.05, 3.63) is 18.5 Å². The van der Waals surface area contributed by atoms with Gasteiger partial charge in [0, 0.05) is 12.4 Å². The van der Waals surface area contributed by atoms with E-state index in [4.69, 9.17) is 0 Å². The summed E-state index contributed by atoms with van der Waals surface area (Å²) in [5.41, 5.74) is 1.18. The van der Waals surface area contributed by atoms with Crippen molar-refractivity contribution in [1.29, 1.82) is 0 Å². The Kier molecular flexibility index (Phi) is 2.19. The fraction of sp³-hybridized carbons (Fsp3) is 0.375. The highest BCUT2D eigenvalue weighted by Crippen LogP contribution is 2.28. The molecule has 2 rings (SSSR count). The quantitative estimate of drug-likeness (QED) is 0.648. The largest absolute Gasteiger partial charge is 0.368 e. The zero-order chi connectivity index (χ0) is 8.39. The van der Waals surface area contributed by atoms with Crippen molar-refractivity contribution < 1.29 is 0 Å². The van der Waals surface area contributed by atoms with Crippen molar-refractivity contribution >= 4 is 17.6 Å². The first-order chi connectivity index (χ1) is 5.90. The van der Waals surface area contributed by atoms with Crippen LogP contribution in [0, 0.1) is 0 Å². The molecule has 1 aromatic heterocycles.